The molecule has 1 heterocycles. The largest absolute Gasteiger partial charge is 0.465 e. The van der Waals surface area contributed by atoms with Crippen molar-refractivity contribution < 1.29 is 42.6 Å². The number of carbonyl (C=O) groups excluding carboxylic acids is 4. The number of ether oxygens (including phenoxy) is 1. The number of rotatable bonds is 12. The number of nitrogens with zero attached hydrogens (tertiary/aromatic N) is 1. The maximum absolute atomic E-state index is 13.6. The lowest BCUT2D eigenvalue weighted by atomic mass is 9.72. The molecule has 0 aromatic heterocycles. The van der Waals surface area contributed by atoms with Gasteiger partial charge in [-0.15, -0.1) is 0 Å². The number of carbonyl (C=O) groups is 5. The summed E-state index contributed by atoms with van der Waals surface area (Å²) in [5, 5.41) is 16.3. The zero-order chi connectivity index (χ0) is 28.1. The highest BCUT2D eigenvalue weighted by molar-refractivity contribution is 6.38. The van der Waals surface area contributed by atoms with Crippen LogP contribution in [0.3, 0.4) is 0 Å². The summed E-state index contributed by atoms with van der Waals surface area (Å²) in [6.45, 7) is 0.659. The molecule has 0 aromatic carbocycles. The Hall–Kier alpha value is -2.83. The van der Waals surface area contributed by atoms with Gasteiger partial charge in [0, 0.05) is 26.1 Å². The highest BCUT2D eigenvalue weighted by Crippen LogP contribution is 2.46. The number of amides is 4. The molecule has 0 radical (unpaired) electrons. The average Bonchev–Trinajstić information content (AvgIpc) is 3.59. The van der Waals surface area contributed by atoms with Gasteiger partial charge in [0.05, 0.1) is 12.6 Å². The minimum Gasteiger partial charge on any atom is -0.465 e. The summed E-state index contributed by atoms with van der Waals surface area (Å²) < 4.78 is 32.3. The Morgan fingerprint density at radius 3 is 2.29 bits per heavy atom. The normalized spacial score (nSPS) is 22.4. The zero-order valence-electron chi connectivity index (χ0n) is 21.9. The van der Waals surface area contributed by atoms with Crippen LogP contribution in [-0.2, 0) is 23.9 Å². The lowest BCUT2D eigenvalue weighted by Crippen LogP contribution is -2.57. The Labute approximate surface area is 220 Å². The average molecular weight is 545 g/mol. The smallest absolute Gasteiger partial charge is 0.405 e. The fraction of sp³-hybridized carbons (Fsp3) is 0.800. The summed E-state index contributed by atoms with van der Waals surface area (Å²) in [7, 11) is 1.31. The van der Waals surface area contributed by atoms with Crippen LogP contribution in [0.1, 0.15) is 71.1 Å². The van der Waals surface area contributed by atoms with Crippen LogP contribution in [-0.4, -0.2) is 90.0 Å². The van der Waals surface area contributed by atoms with Crippen LogP contribution in [0.4, 0.5) is 13.6 Å². The molecular weight excluding hydrogens is 506 g/mol. The van der Waals surface area contributed by atoms with Crippen LogP contribution in [0.2, 0.25) is 0 Å². The van der Waals surface area contributed by atoms with Crippen molar-refractivity contribution in [1.29, 1.82) is 0 Å². The van der Waals surface area contributed by atoms with Crippen molar-refractivity contribution in [1.82, 2.24) is 20.9 Å². The van der Waals surface area contributed by atoms with Crippen molar-refractivity contribution in [3.63, 3.8) is 0 Å². The third kappa shape index (κ3) is 8.08. The second-order valence-corrected chi connectivity index (χ2v) is 11.0. The Balaban J connectivity index is 1.82. The second kappa shape index (κ2) is 12.4. The quantitative estimate of drug-likeness (QED) is 0.272. The van der Waals surface area contributed by atoms with Crippen molar-refractivity contribution in [2.24, 2.45) is 5.41 Å². The molecule has 2 aliphatic carbocycles. The van der Waals surface area contributed by atoms with Gasteiger partial charge in [0.15, 0.2) is 0 Å². The Kier molecular flexibility index (Phi) is 9.66. The molecule has 3 atom stereocenters. The number of ketones is 1. The zero-order valence-corrected chi connectivity index (χ0v) is 21.9. The Morgan fingerprint density at radius 1 is 1.08 bits per heavy atom. The van der Waals surface area contributed by atoms with Crippen LogP contribution in [0.15, 0.2) is 0 Å². The van der Waals surface area contributed by atoms with Gasteiger partial charge in [-0.1, -0.05) is 19.3 Å². The van der Waals surface area contributed by atoms with Gasteiger partial charge in [0.25, 0.3) is 5.91 Å². The highest BCUT2D eigenvalue weighted by Gasteiger charge is 2.50. The first-order chi connectivity index (χ1) is 17.8. The maximum atomic E-state index is 13.6. The van der Waals surface area contributed by atoms with Crippen molar-refractivity contribution in [2.75, 3.05) is 20.3 Å². The minimum absolute atomic E-state index is 0.135. The van der Waals surface area contributed by atoms with Crippen molar-refractivity contribution in [3.8, 4) is 0 Å². The van der Waals surface area contributed by atoms with E-state index in [1.54, 1.807) is 0 Å². The molecule has 3 fully saturated rings. The van der Waals surface area contributed by atoms with Gasteiger partial charge in [-0.05, 0) is 50.9 Å². The fourth-order valence-electron chi connectivity index (χ4n) is 5.45. The van der Waals surface area contributed by atoms with Gasteiger partial charge in [-0.25, -0.2) is 13.6 Å². The summed E-state index contributed by atoms with van der Waals surface area (Å²) in [5.41, 5.74) is -0.351. The van der Waals surface area contributed by atoms with E-state index in [0.717, 1.165) is 44.9 Å². The number of hydrogen-bond donors (Lipinski definition) is 4. The van der Waals surface area contributed by atoms with Crippen LogP contribution in [0.25, 0.3) is 0 Å². The van der Waals surface area contributed by atoms with Crippen molar-refractivity contribution >= 4 is 29.6 Å². The number of methoxy groups -OCH3 is 1. The van der Waals surface area contributed by atoms with E-state index >= 15 is 0 Å². The molecule has 38 heavy (non-hydrogen) atoms. The maximum Gasteiger partial charge on any atom is 0.405 e. The topological polar surface area (TPSA) is 154 Å². The first kappa shape index (κ1) is 29.7. The van der Waals surface area contributed by atoms with Gasteiger partial charge in [0.1, 0.15) is 12.1 Å². The number of alkyl halides is 2. The van der Waals surface area contributed by atoms with E-state index in [-0.39, 0.29) is 31.0 Å². The van der Waals surface area contributed by atoms with Crippen LogP contribution < -0.4 is 16.0 Å². The van der Waals surface area contributed by atoms with E-state index in [4.69, 9.17) is 4.74 Å². The number of carboxylic acid groups (broad SMARTS) is 1. The third-order valence-electron chi connectivity index (χ3n) is 7.58. The SMILES string of the molecule is COC[C@H](NC(=O)O)C(=O)N1CC2(CCCCC2)C[C@H]1C(=O)N[C@@H](CCC(C)(F)F)C(=O)C(=O)NC1CC1. The molecule has 4 N–H and O–H groups in total. The lowest BCUT2D eigenvalue weighted by Gasteiger charge is -2.33. The van der Waals surface area contributed by atoms with E-state index in [1.165, 1.54) is 12.0 Å². The van der Waals surface area contributed by atoms with E-state index in [0.29, 0.717) is 6.92 Å². The Bertz CT molecular complexity index is 916. The number of halogens is 2. The molecule has 11 nitrogen and oxygen atoms in total. The molecule has 1 saturated heterocycles. The number of Topliss-reactive ketones (excluding diaryl/α,β-unsaturated/α-hetero) is 1. The van der Waals surface area contributed by atoms with Crippen LogP contribution in [0, 0.1) is 5.41 Å². The minimum atomic E-state index is -3.12. The van der Waals surface area contributed by atoms with E-state index in [1.807, 2.05) is 0 Å². The monoisotopic (exact) mass is 544 g/mol. The summed E-state index contributed by atoms with van der Waals surface area (Å²) in [4.78, 5) is 64.8. The van der Waals surface area contributed by atoms with Crippen molar-refractivity contribution in [3.05, 3.63) is 0 Å². The first-order valence-electron chi connectivity index (χ1n) is 13.2. The summed E-state index contributed by atoms with van der Waals surface area (Å²) >= 11 is 0. The lowest BCUT2D eigenvalue weighted by molar-refractivity contribution is -0.143. The van der Waals surface area contributed by atoms with Gasteiger partial charge in [-0.3, -0.25) is 19.2 Å². The molecule has 1 spiro atoms. The molecular formula is C25H38F2N4O7. The van der Waals surface area contributed by atoms with E-state index in [2.05, 4.69) is 16.0 Å². The number of likely N-dealkylation sites (tertiary alicyclic amines) is 1. The summed E-state index contributed by atoms with van der Waals surface area (Å²) in [6, 6.07) is -3.94. The molecule has 4 amide bonds. The summed E-state index contributed by atoms with van der Waals surface area (Å²) in [6.07, 6.45) is 3.52. The van der Waals surface area contributed by atoms with Gasteiger partial charge in [0.2, 0.25) is 23.5 Å². The number of hydrogen-bond acceptors (Lipinski definition) is 6. The second-order valence-electron chi connectivity index (χ2n) is 11.0. The fourth-order valence-corrected chi connectivity index (χ4v) is 5.45. The number of nitrogens with one attached hydrogen (secondary N) is 3. The van der Waals surface area contributed by atoms with Crippen molar-refractivity contribution in [2.45, 2.75) is 101 Å². The molecule has 3 aliphatic rings. The van der Waals surface area contributed by atoms with E-state index < -0.39 is 66.5 Å². The van der Waals surface area contributed by atoms with Crippen LogP contribution >= 0.6 is 0 Å². The standard InChI is InChI=1S/C25H38F2N4O7/c1-24(26,27)11-8-16(19(32)21(34)28-15-6-7-15)29-20(33)18-12-25(9-4-3-5-10-25)14-31(18)22(35)17(13-38-2)30-23(36)37/h15-18,30H,3-14H2,1-2H3,(H,28,34)(H,29,33)(H,36,37)/t16-,17-,18-/m0/s1. The first-order valence-corrected chi connectivity index (χ1v) is 13.2. The predicted molar refractivity (Wildman–Crippen MR) is 130 cm³/mol. The molecule has 13 heteroatoms. The molecule has 2 saturated carbocycles. The molecule has 0 unspecified atom stereocenters. The highest BCUT2D eigenvalue weighted by atomic mass is 19.3. The molecule has 3 rings (SSSR count). The van der Waals surface area contributed by atoms with Gasteiger partial charge in [-0.2, -0.15) is 0 Å². The molecule has 0 aromatic rings. The van der Waals surface area contributed by atoms with Crippen LogP contribution in [0.5, 0.6) is 0 Å². The molecule has 214 valence electrons. The van der Waals surface area contributed by atoms with Gasteiger partial charge >= 0.3 is 6.09 Å². The predicted octanol–water partition coefficient (Wildman–Crippen LogP) is 1.59. The summed E-state index contributed by atoms with van der Waals surface area (Å²) in [5.74, 6) is -6.45. The van der Waals surface area contributed by atoms with Gasteiger partial charge < -0.3 is 30.7 Å². The van der Waals surface area contributed by atoms with E-state index in [9.17, 15) is 37.9 Å². The third-order valence-corrected chi connectivity index (χ3v) is 7.58. The molecule has 1 aliphatic heterocycles. The Morgan fingerprint density at radius 2 is 1.74 bits per heavy atom. The molecule has 0 bridgehead atoms.